The Labute approximate surface area is 219 Å². The van der Waals surface area contributed by atoms with Crippen molar-refractivity contribution in [2.75, 3.05) is 13.2 Å². The first-order valence-corrected chi connectivity index (χ1v) is 13.0. The van der Waals surface area contributed by atoms with E-state index < -0.39 is 18.4 Å². The highest BCUT2D eigenvalue weighted by atomic mass is 32.2. The third-order valence-corrected chi connectivity index (χ3v) is 6.99. The lowest BCUT2D eigenvalue weighted by Crippen LogP contribution is -2.33. The highest BCUT2D eigenvalue weighted by Crippen LogP contribution is 2.35. The largest absolute Gasteiger partial charge is 0.494 e. The zero-order chi connectivity index (χ0) is 25.5. The first-order valence-electron chi connectivity index (χ1n) is 11.8. The number of carbonyl (C=O) groups is 2. The number of thiocarbonyl (C=S) groups is 1. The van der Waals surface area contributed by atoms with E-state index in [9.17, 15) is 9.59 Å². The van der Waals surface area contributed by atoms with Crippen molar-refractivity contribution in [3.8, 4) is 22.7 Å². The summed E-state index contributed by atoms with van der Waals surface area (Å²) >= 11 is 6.33. The van der Waals surface area contributed by atoms with Crippen LogP contribution in [0, 0.1) is 0 Å². The number of carboxylic acids is 1. The molecule has 1 N–H and O–H groups in total. The van der Waals surface area contributed by atoms with Crippen LogP contribution in [-0.4, -0.2) is 49.1 Å². The van der Waals surface area contributed by atoms with Crippen LogP contribution in [0.25, 0.3) is 23.0 Å². The van der Waals surface area contributed by atoms with E-state index in [-0.39, 0.29) is 4.32 Å². The number of unbranched alkanes of at least 4 members (excludes halogenated alkanes) is 3. The van der Waals surface area contributed by atoms with Crippen LogP contribution >= 0.6 is 24.0 Å². The van der Waals surface area contributed by atoms with Gasteiger partial charge in [0, 0.05) is 17.3 Å². The summed E-state index contributed by atoms with van der Waals surface area (Å²) in [5.41, 5.74) is 3.17. The minimum atomic E-state index is -1.11. The molecule has 1 aromatic heterocycles. The Hall–Kier alpha value is -3.43. The molecule has 2 aromatic carbocycles. The summed E-state index contributed by atoms with van der Waals surface area (Å²) in [6.45, 7) is 2.41. The van der Waals surface area contributed by atoms with Gasteiger partial charge in [0.2, 0.25) is 0 Å². The van der Waals surface area contributed by atoms with Gasteiger partial charge in [0.1, 0.15) is 16.6 Å². The van der Waals surface area contributed by atoms with Gasteiger partial charge < -0.3 is 9.84 Å². The highest BCUT2D eigenvalue weighted by molar-refractivity contribution is 8.26. The number of carboxylic acid groups (broad SMARTS) is 1. The Morgan fingerprint density at radius 2 is 1.86 bits per heavy atom. The van der Waals surface area contributed by atoms with Gasteiger partial charge in [-0.15, -0.1) is 0 Å². The molecule has 0 aliphatic carbocycles. The van der Waals surface area contributed by atoms with Crippen molar-refractivity contribution in [2.45, 2.75) is 32.6 Å². The van der Waals surface area contributed by atoms with E-state index in [4.69, 9.17) is 27.2 Å². The molecule has 3 aromatic rings. The number of hydrogen-bond donors (Lipinski definition) is 1. The summed E-state index contributed by atoms with van der Waals surface area (Å²) in [6, 6.07) is 17.4. The summed E-state index contributed by atoms with van der Waals surface area (Å²) in [5.74, 6) is -0.732. The van der Waals surface area contributed by atoms with E-state index in [1.807, 2.05) is 60.8 Å². The zero-order valence-corrected chi connectivity index (χ0v) is 21.6. The van der Waals surface area contributed by atoms with Crippen LogP contribution in [-0.2, 0) is 9.59 Å². The molecule has 0 bridgehead atoms. The average molecular weight is 522 g/mol. The Morgan fingerprint density at radius 1 is 1.11 bits per heavy atom. The smallest absolute Gasteiger partial charge is 0.323 e. The lowest BCUT2D eigenvalue weighted by molar-refractivity contribution is -0.140. The molecule has 36 heavy (non-hydrogen) atoms. The summed E-state index contributed by atoms with van der Waals surface area (Å²) < 4.78 is 7.86. The molecule has 1 fully saturated rings. The van der Waals surface area contributed by atoms with Crippen LogP contribution < -0.4 is 4.74 Å². The van der Waals surface area contributed by atoms with Crippen LogP contribution in [0.1, 0.15) is 38.2 Å². The molecular formula is C27H27N3O4S2. The number of carbonyl (C=O) groups excluding carboxylic acids is 1. The topological polar surface area (TPSA) is 84.7 Å². The van der Waals surface area contributed by atoms with E-state index in [0.717, 1.165) is 52.1 Å². The lowest BCUT2D eigenvalue weighted by Gasteiger charge is -2.10. The maximum atomic E-state index is 12.8. The van der Waals surface area contributed by atoms with E-state index in [0.29, 0.717) is 17.2 Å². The molecule has 1 amide bonds. The fourth-order valence-electron chi connectivity index (χ4n) is 3.77. The Kier molecular flexibility index (Phi) is 8.56. The van der Waals surface area contributed by atoms with Gasteiger partial charge >= 0.3 is 5.97 Å². The van der Waals surface area contributed by atoms with Crippen LogP contribution in [0.5, 0.6) is 5.75 Å². The first-order chi connectivity index (χ1) is 17.5. The van der Waals surface area contributed by atoms with Gasteiger partial charge in [-0.2, -0.15) is 5.10 Å². The van der Waals surface area contributed by atoms with Gasteiger partial charge in [0.05, 0.1) is 22.9 Å². The molecule has 9 heteroatoms. The number of para-hydroxylation sites is 1. The van der Waals surface area contributed by atoms with Crippen molar-refractivity contribution in [3.63, 3.8) is 0 Å². The highest BCUT2D eigenvalue weighted by Gasteiger charge is 2.33. The van der Waals surface area contributed by atoms with Crippen LogP contribution in [0.15, 0.2) is 65.7 Å². The van der Waals surface area contributed by atoms with Gasteiger partial charge in [-0.1, -0.05) is 68.4 Å². The quantitative estimate of drug-likeness (QED) is 0.194. The van der Waals surface area contributed by atoms with Crippen molar-refractivity contribution in [1.82, 2.24) is 14.7 Å². The van der Waals surface area contributed by atoms with Gasteiger partial charge in [-0.05, 0) is 48.9 Å². The van der Waals surface area contributed by atoms with Crippen molar-refractivity contribution < 1.29 is 19.4 Å². The van der Waals surface area contributed by atoms with E-state index in [1.54, 1.807) is 10.8 Å². The molecule has 186 valence electrons. The van der Waals surface area contributed by atoms with Crippen molar-refractivity contribution in [1.29, 1.82) is 0 Å². The predicted octanol–water partition coefficient (Wildman–Crippen LogP) is 5.78. The monoisotopic (exact) mass is 521 g/mol. The number of nitrogens with zero attached hydrogens (tertiary/aromatic N) is 3. The molecule has 7 nitrogen and oxygen atoms in total. The molecule has 4 rings (SSSR count). The average Bonchev–Trinajstić information content (AvgIpc) is 3.41. The molecule has 1 aliphatic heterocycles. The number of hydrogen-bond acceptors (Lipinski definition) is 6. The minimum absolute atomic E-state index is 0.228. The third kappa shape index (κ3) is 6.22. The molecule has 0 spiro atoms. The standard InChI is InChI=1S/C27H27N3O4S2/c1-2-3-4-8-15-34-22-13-11-19(12-14-22)25-20(17-30(28-25)21-9-6-5-7-10-21)16-23-26(33)29(18-24(31)32)27(35)36-23/h5-7,9-14,16-17H,2-4,8,15,18H2,1H3,(H,31,32)/b23-16+. The van der Waals surface area contributed by atoms with E-state index >= 15 is 0 Å². The predicted molar refractivity (Wildman–Crippen MR) is 146 cm³/mol. The summed E-state index contributed by atoms with van der Waals surface area (Å²) in [4.78, 5) is 25.4. The fraction of sp³-hybridized carbons (Fsp3) is 0.259. The van der Waals surface area contributed by atoms with Crippen molar-refractivity contribution in [2.24, 2.45) is 0 Å². The Balaban J connectivity index is 1.62. The number of amides is 1. The van der Waals surface area contributed by atoms with E-state index in [2.05, 4.69) is 6.92 Å². The Morgan fingerprint density at radius 3 is 2.56 bits per heavy atom. The third-order valence-electron chi connectivity index (χ3n) is 5.61. The van der Waals surface area contributed by atoms with Crippen molar-refractivity contribution in [3.05, 3.63) is 71.3 Å². The summed E-state index contributed by atoms with van der Waals surface area (Å²) in [5, 5.41) is 13.9. The second-order valence-electron chi connectivity index (χ2n) is 8.31. The number of ether oxygens (including phenoxy) is 1. The number of aromatic nitrogens is 2. The normalized spacial score (nSPS) is 14.6. The summed E-state index contributed by atoms with van der Waals surface area (Å²) in [7, 11) is 0. The van der Waals surface area contributed by atoms with Crippen LogP contribution in [0.2, 0.25) is 0 Å². The molecule has 2 heterocycles. The molecule has 1 saturated heterocycles. The van der Waals surface area contributed by atoms with E-state index in [1.165, 1.54) is 12.8 Å². The van der Waals surface area contributed by atoms with Crippen LogP contribution in [0.4, 0.5) is 0 Å². The van der Waals surface area contributed by atoms with Gasteiger partial charge in [-0.3, -0.25) is 14.5 Å². The molecular weight excluding hydrogens is 494 g/mol. The fourth-order valence-corrected chi connectivity index (χ4v) is 5.02. The molecule has 0 atom stereocenters. The zero-order valence-electron chi connectivity index (χ0n) is 19.9. The maximum Gasteiger partial charge on any atom is 0.323 e. The second kappa shape index (κ2) is 12.0. The minimum Gasteiger partial charge on any atom is -0.494 e. The maximum absolute atomic E-state index is 12.8. The first kappa shape index (κ1) is 25.7. The van der Waals surface area contributed by atoms with Crippen LogP contribution in [0.3, 0.4) is 0 Å². The number of aliphatic carboxylic acids is 1. The second-order valence-corrected chi connectivity index (χ2v) is 9.98. The molecule has 0 unspecified atom stereocenters. The molecule has 1 aliphatic rings. The number of rotatable bonds is 11. The number of benzene rings is 2. The number of thioether (sulfide) groups is 1. The van der Waals surface area contributed by atoms with Gasteiger partial charge in [-0.25, -0.2) is 4.68 Å². The SMILES string of the molecule is CCCCCCOc1ccc(-c2nn(-c3ccccc3)cc2/C=C2/SC(=S)N(CC(=O)O)C2=O)cc1. The lowest BCUT2D eigenvalue weighted by atomic mass is 10.1. The molecule has 0 saturated carbocycles. The summed E-state index contributed by atoms with van der Waals surface area (Å²) in [6.07, 6.45) is 8.17. The Bertz CT molecular complexity index is 1270. The van der Waals surface area contributed by atoms with Gasteiger partial charge in [0.25, 0.3) is 5.91 Å². The molecule has 0 radical (unpaired) electrons. The van der Waals surface area contributed by atoms with Gasteiger partial charge in [0.15, 0.2) is 0 Å². The van der Waals surface area contributed by atoms with Crippen molar-refractivity contribution >= 4 is 46.3 Å².